The first kappa shape index (κ1) is 17.1. The quantitative estimate of drug-likeness (QED) is 0.828. The average molecular weight is 296 g/mol. The minimum atomic E-state index is 0.0612. The Bertz CT molecular complexity index is 465. The normalized spacial score (nSPS) is 19.3. The van der Waals surface area contributed by atoms with E-state index in [0.29, 0.717) is 19.1 Å². The zero-order chi connectivity index (χ0) is 15.8. The molecule has 0 radical (unpaired) electrons. The molecule has 1 heterocycles. The molecule has 0 saturated heterocycles. The van der Waals surface area contributed by atoms with Gasteiger partial charge in [-0.25, -0.2) is 0 Å². The number of methoxy groups -OCH3 is 2. The van der Waals surface area contributed by atoms with Crippen LogP contribution in [0.5, 0.6) is 11.5 Å². The molecule has 6 nitrogen and oxygen atoms in total. The van der Waals surface area contributed by atoms with Gasteiger partial charge < -0.3 is 25.3 Å². The Labute approximate surface area is 125 Å². The minimum absolute atomic E-state index is 0.0612. The van der Waals surface area contributed by atoms with Gasteiger partial charge in [0, 0.05) is 23.8 Å². The van der Waals surface area contributed by atoms with E-state index in [1.54, 1.807) is 21.1 Å². The zero-order valence-electron chi connectivity index (χ0n) is 13.0. The van der Waals surface area contributed by atoms with E-state index < -0.39 is 0 Å². The van der Waals surface area contributed by atoms with Crippen LogP contribution in [0.3, 0.4) is 0 Å². The van der Waals surface area contributed by atoms with Gasteiger partial charge in [0.25, 0.3) is 6.47 Å². The second kappa shape index (κ2) is 8.36. The number of anilines is 1. The topological polar surface area (TPSA) is 82.8 Å². The summed E-state index contributed by atoms with van der Waals surface area (Å²) >= 11 is 0. The number of rotatable bonds is 4. The molecule has 0 amide bonds. The summed E-state index contributed by atoms with van der Waals surface area (Å²) in [6.45, 7) is 4.79. The van der Waals surface area contributed by atoms with Crippen LogP contribution in [-0.4, -0.2) is 33.3 Å². The summed E-state index contributed by atoms with van der Waals surface area (Å²) in [5.41, 5.74) is 8.25. The summed E-state index contributed by atoms with van der Waals surface area (Å²) in [6, 6.07) is 4.35. The van der Waals surface area contributed by atoms with Crippen molar-refractivity contribution in [3.8, 4) is 11.5 Å². The van der Waals surface area contributed by atoms with Crippen LogP contribution in [0.4, 0.5) is 5.69 Å². The fourth-order valence-electron chi connectivity index (χ4n) is 2.23. The second-order valence-corrected chi connectivity index (χ2v) is 4.73. The number of hydrogen-bond acceptors (Lipinski definition) is 6. The Morgan fingerprint density at radius 3 is 2.43 bits per heavy atom. The Kier molecular flexibility index (Phi) is 6.81. The Morgan fingerprint density at radius 2 is 1.95 bits per heavy atom. The maximum absolute atomic E-state index is 9.18. The van der Waals surface area contributed by atoms with Crippen molar-refractivity contribution in [2.75, 3.05) is 26.1 Å². The van der Waals surface area contributed by atoms with Gasteiger partial charge in [-0.1, -0.05) is 0 Å². The molecule has 0 saturated carbocycles. The molecule has 3 N–H and O–H groups in total. The molecule has 1 aliphatic rings. The van der Waals surface area contributed by atoms with Gasteiger partial charge in [0.1, 0.15) is 0 Å². The van der Waals surface area contributed by atoms with Crippen molar-refractivity contribution in [2.24, 2.45) is 5.73 Å². The highest BCUT2D eigenvalue weighted by Gasteiger charge is 2.23. The standard InChI is InChI=1S/C12H18N2O2.C3H6O2/c1-7-4-9(13)8-5-11(15-2)12(16-3)6-10(8)14-7;1-2-5-3-4/h5-7,9,14H,4,13H2,1-3H3;3H,2H2,1H3/t7-,9+;/m0./s1. The molecule has 2 atom stereocenters. The summed E-state index contributed by atoms with van der Waals surface area (Å²) in [7, 11) is 3.27. The van der Waals surface area contributed by atoms with Gasteiger partial charge in [0.05, 0.1) is 20.8 Å². The number of carbonyl (C=O) groups excluding carboxylic acids is 1. The maximum Gasteiger partial charge on any atom is 0.293 e. The van der Waals surface area contributed by atoms with Crippen molar-refractivity contribution in [1.82, 2.24) is 0 Å². The first-order valence-corrected chi connectivity index (χ1v) is 6.90. The number of nitrogens with one attached hydrogen (secondary N) is 1. The van der Waals surface area contributed by atoms with Gasteiger partial charge >= 0.3 is 0 Å². The van der Waals surface area contributed by atoms with E-state index in [4.69, 9.17) is 15.2 Å². The van der Waals surface area contributed by atoms with Crippen LogP contribution in [0.2, 0.25) is 0 Å². The van der Waals surface area contributed by atoms with E-state index in [9.17, 15) is 4.79 Å². The summed E-state index contributed by atoms with van der Waals surface area (Å²) in [5.74, 6) is 1.46. The summed E-state index contributed by atoms with van der Waals surface area (Å²) in [4.78, 5) is 9.18. The van der Waals surface area contributed by atoms with Gasteiger partial charge in [0.15, 0.2) is 11.5 Å². The van der Waals surface area contributed by atoms with Crippen LogP contribution in [0.1, 0.15) is 31.9 Å². The molecule has 0 spiro atoms. The van der Waals surface area contributed by atoms with E-state index in [1.807, 2.05) is 12.1 Å². The molecule has 0 bridgehead atoms. The number of benzene rings is 1. The third-order valence-electron chi connectivity index (χ3n) is 3.20. The van der Waals surface area contributed by atoms with Gasteiger partial charge in [0.2, 0.25) is 0 Å². The third kappa shape index (κ3) is 4.53. The number of hydrogen-bond donors (Lipinski definition) is 2. The average Bonchev–Trinajstić information content (AvgIpc) is 2.47. The fourth-order valence-corrected chi connectivity index (χ4v) is 2.23. The van der Waals surface area contributed by atoms with Crippen molar-refractivity contribution in [1.29, 1.82) is 0 Å². The number of fused-ring (bicyclic) bond motifs is 1. The van der Waals surface area contributed by atoms with E-state index in [0.717, 1.165) is 29.2 Å². The minimum Gasteiger partial charge on any atom is -0.493 e. The Hall–Kier alpha value is -1.95. The van der Waals surface area contributed by atoms with E-state index in [1.165, 1.54) is 0 Å². The highest BCUT2D eigenvalue weighted by atomic mass is 16.5. The van der Waals surface area contributed by atoms with E-state index in [2.05, 4.69) is 17.0 Å². The zero-order valence-corrected chi connectivity index (χ0v) is 13.0. The van der Waals surface area contributed by atoms with Crippen molar-refractivity contribution >= 4 is 12.2 Å². The van der Waals surface area contributed by atoms with E-state index >= 15 is 0 Å². The van der Waals surface area contributed by atoms with Crippen molar-refractivity contribution in [3.05, 3.63) is 17.7 Å². The monoisotopic (exact) mass is 296 g/mol. The molecule has 1 aromatic carbocycles. The molecule has 0 unspecified atom stereocenters. The summed E-state index contributed by atoms with van der Waals surface area (Å²) in [6.07, 6.45) is 0.933. The first-order chi connectivity index (χ1) is 10.1. The van der Waals surface area contributed by atoms with Crippen LogP contribution in [0.25, 0.3) is 0 Å². The van der Waals surface area contributed by atoms with Crippen LogP contribution >= 0.6 is 0 Å². The molecule has 21 heavy (non-hydrogen) atoms. The fraction of sp³-hybridized carbons (Fsp3) is 0.533. The van der Waals surface area contributed by atoms with Gasteiger partial charge in [-0.05, 0) is 31.9 Å². The smallest absolute Gasteiger partial charge is 0.293 e. The van der Waals surface area contributed by atoms with Crippen LogP contribution < -0.4 is 20.5 Å². The van der Waals surface area contributed by atoms with Crippen LogP contribution in [0.15, 0.2) is 12.1 Å². The molecular weight excluding hydrogens is 272 g/mol. The molecular formula is C15H24N2O4. The largest absolute Gasteiger partial charge is 0.493 e. The van der Waals surface area contributed by atoms with Gasteiger partial charge in [-0.15, -0.1) is 0 Å². The molecule has 0 aliphatic carbocycles. The maximum atomic E-state index is 9.18. The molecule has 118 valence electrons. The van der Waals surface area contributed by atoms with Crippen molar-refractivity contribution < 1.29 is 19.0 Å². The molecule has 2 rings (SSSR count). The predicted octanol–water partition coefficient (Wildman–Crippen LogP) is 2.09. The van der Waals surface area contributed by atoms with Gasteiger partial charge in [-0.2, -0.15) is 0 Å². The number of nitrogens with two attached hydrogens (primary N) is 1. The van der Waals surface area contributed by atoms with Crippen LogP contribution in [0, 0.1) is 0 Å². The lowest BCUT2D eigenvalue weighted by atomic mass is 9.94. The molecule has 0 aromatic heterocycles. The third-order valence-corrected chi connectivity index (χ3v) is 3.20. The first-order valence-electron chi connectivity index (χ1n) is 6.90. The lowest BCUT2D eigenvalue weighted by Gasteiger charge is -2.29. The molecule has 6 heteroatoms. The van der Waals surface area contributed by atoms with Crippen LogP contribution in [-0.2, 0) is 9.53 Å². The molecule has 0 fully saturated rings. The Balaban J connectivity index is 0.000000383. The Morgan fingerprint density at radius 1 is 1.33 bits per heavy atom. The van der Waals surface area contributed by atoms with Crippen molar-refractivity contribution in [3.63, 3.8) is 0 Å². The summed E-state index contributed by atoms with van der Waals surface area (Å²) in [5, 5.41) is 3.40. The predicted molar refractivity (Wildman–Crippen MR) is 81.9 cm³/mol. The highest BCUT2D eigenvalue weighted by molar-refractivity contribution is 5.63. The van der Waals surface area contributed by atoms with Gasteiger partial charge in [-0.3, -0.25) is 4.79 Å². The lowest BCUT2D eigenvalue weighted by Crippen LogP contribution is -2.29. The van der Waals surface area contributed by atoms with E-state index in [-0.39, 0.29) is 6.04 Å². The lowest BCUT2D eigenvalue weighted by molar-refractivity contribution is -0.128. The highest BCUT2D eigenvalue weighted by Crippen LogP contribution is 2.39. The second-order valence-electron chi connectivity index (χ2n) is 4.73. The molecule has 1 aromatic rings. The molecule has 1 aliphatic heterocycles. The summed E-state index contributed by atoms with van der Waals surface area (Å²) < 4.78 is 14.7. The number of ether oxygens (including phenoxy) is 3. The SMILES string of the molecule is CCOC=O.COc1cc2c(cc1OC)[C@H](N)C[C@H](C)N2. The van der Waals surface area contributed by atoms with Crippen molar-refractivity contribution in [2.45, 2.75) is 32.4 Å². The number of carbonyl (C=O) groups is 1.